The van der Waals surface area contributed by atoms with Crippen LogP contribution in [0.1, 0.15) is 28.4 Å². The van der Waals surface area contributed by atoms with Crippen molar-refractivity contribution in [3.63, 3.8) is 0 Å². The van der Waals surface area contributed by atoms with E-state index >= 15 is 0 Å². The highest BCUT2D eigenvalue weighted by Gasteiger charge is 2.07. The molecule has 2 heteroatoms. The number of anilines is 1. The summed E-state index contributed by atoms with van der Waals surface area (Å²) in [5.74, 6) is 0.104. The number of Topliss-reactive ketones (excluding diaryl/α,β-unsaturated/α-hetero) is 1. The molecule has 1 N–H and O–H groups in total. The van der Waals surface area contributed by atoms with Crippen LogP contribution in [0.5, 0.6) is 0 Å². The number of benzene rings is 1. The van der Waals surface area contributed by atoms with E-state index < -0.39 is 0 Å². The lowest BCUT2D eigenvalue weighted by atomic mass is 10.0. The first-order valence-corrected chi connectivity index (χ1v) is 4.36. The number of carbonyl (C=O) groups excluding carboxylic acids is 1. The smallest absolute Gasteiger partial charge is 0.161 e. The Labute approximate surface area is 79.0 Å². The zero-order chi connectivity index (χ0) is 10.0. The lowest BCUT2D eigenvalue weighted by molar-refractivity contribution is 0.101. The molecular formula is C11H15NO. The van der Waals surface area contributed by atoms with Gasteiger partial charge in [-0.15, -0.1) is 0 Å². The van der Waals surface area contributed by atoms with Gasteiger partial charge in [0.25, 0.3) is 0 Å². The molecule has 70 valence electrons. The van der Waals surface area contributed by atoms with Gasteiger partial charge in [-0.3, -0.25) is 4.79 Å². The summed E-state index contributed by atoms with van der Waals surface area (Å²) in [6.07, 6.45) is 0. The van der Waals surface area contributed by atoms with Gasteiger partial charge in [0.2, 0.25) is 0 Å². The van der Waals surface area contributed by atoms with Crippen molar-refractivity contribution in [3.8, 4) is 0 Å². The molecule has 0 unspecified atom stereocenters. The standard InChI is InChI=1S/C11H15NO/c1-7-5-10(9(3)13)11(12-4)6-8(7)2/h5-6,12H,1-4H3. The fourth-order valence-electron chi connectivity index (χ4n) is 1.31. The topological polar surface area (TPSA) is 29.1 Å². The second-order valence-corrected chi connectivity index (χ2v) is 3.29. The Balaban J connectivity index is 3.33. The summed E-state index contributed by atoms with van der Waals surface area (Å²) in [6, 6.07) is 3.94. The van der Waals surface area contributed by atoms with E-state index in [4.69, 9.17) is 0 Å². The number of nitrogens with one attached hydrogen (secondary N) is 1. The van der Waals surface area contributed by atoms with E-state index in [-0.39, 0.29) is 5.78 Å². The first kappa shape index (κ1) is 9.78. The molecule has 0 aliphatic rings. The van der Waals surface area contributed by atoms with Gasteiger partial charge in [0.05, 0.1) is 0 Å². The second kappa shape index (κ2) is 3.60. The van der Waals surface area contributed by atoms with Gasteiger partial charge in [-0.1, -0.05) is 0 Å². The SMILES string of the molecule is CNc1cc(C)c(C)cc1C(C)=O. The summed E-state index contributed by atoms with van der Waals surface area (Å²) in [7, 11) is 1.83. The van der Waals surface area contributed by atoms with Crippen LogP contribution in [0.25, 0.3) is 0 Å². The molecule has 13 heavy (non-hydrogen) atoms. The number of hydrogen-bond donors (Lipinski definition) is 1. The molecule has 0 amide bonds. The number of ketones is 1. The molecule has 1 aromatic rings. The summed E-state index contributed by atoms with van der Waals surface area (Å²) in [6.45, 7) is 5.65. The van der Waals surface area contributed by atoms with Crippen LogP contribution in [-0.4, -0.2) is 12.8 Å². The maximum Gasteiger partial charge on any atom is 0.161 e. The maximum absolute atomic E-state index is 11.2. The molecule has 0 saturated carbocycles. The maximum atomic E-state index is 11.2. The van der Waals surface area contributed by atoms with Gasteiger partial charge in [0, 0.05) is 18.3 Å². The van der Waals surface area contributed by atoms with Crippen molar-refractivity contribution >= 4 is 11.5 Å². The Bertz CT molecular complexity index is 342. The van der Waals surface area contributed by atoms with Crippen LogP contribution in [0.3, 0.4) is 0 Å². The molecule has 0 aliphatic heterocycles. The molecule has 0 fully saturated rings. The third kappa shape index (κ3) is 1.89. The Kier molecular flexibility index (Phi) is 2.71. The lowest BCUT2D eigenvalue weighted by Gasteiger charge is -2.09. The van der Waals surface area contributed by atoms with Crippen LogP contribution in [0, 0.1) is 13.8 Å². The lowest BCUT2D eigenvalue weighted by Crippen LogP contribution is -2.01. The number of aryl methyl sites for hydroxylation is 2. The second-order valence-electron chi connectivity index (χ2n) is 3.29. The van der Waals surface area contributed by atoms with Gasteiger partial charge in [-0.25, -0.2) is 0 Å². The number of rotatable bonds is 2. The fourth-order valence-corrected chi connectivity index (χ4v) is 1.31. The van der Waals surface area contributed by atoms with Crippen molar-refractivity contribution < 1.29 is 4.79 Å². The van der Waals surface area contributed by atoms with E-state index in [9.17, 15) is 4.79 Å². The van der Waals surface area contributed by atoms with Gasteiger partial charge in [0.15, 0.2) is 5.78 Å². The van der Waals surface area contributed by atoms with Gasteiger partial charge in [-0.2, -0.15) is 0 Å². The monoisotopic (exact) mass is 177 g/mol. The zero-order valence-electron chi connectivity index (χ0n) is 8.56. The molecule has 0 bridgehead atoms. The molecule has 0 heterocycles. The van der Waals surface area contributed by atoms with Gasteiger partial charge in [-0.05, 0) is 44.0 Å². The highest BCUT2D eigenvalue weighted by atomic mass is 16.1. The molecule has 1 aromatic carbocycles. The van der Waals surface area contributed by atoms with Gasteiger partial charge in [0.1, 0.15) is 0 Å². The molecule has 0 radical (unpaired) electrons. The Morgan fingerprint density at radius 1 is 1.23 bits per heavy atom. The fraction of sp³-hybridized carbons (Fsp3) is 0.364. The molecule has 0 spiro atoms. The van der Waals surface area contributed by atoms with Crippen molar-refractivity contribution in [2.24, 2.45) is 0 Å². The van der Waals surface area contributed by atoms with Crippen molar-refractivity contribution in [3.05, 3.63) is 28.8 Å². The van der Waals surface area contributed by atoms with Gasteiger partial charge < -0.3 is 5.32 Å². The summed E-state index contributed by atoms with van der Waals surface area (Å²) in [4.78, 5) is 11.2. The Morgan fingerprint density at radius 2 is 1.77 bits per heavy atom. The molecule has 0 atom stereocenters. The summed E-state index contributed by atoms with van der Waals surface area (Å²) >= 11 is 0. The average molecular weight is 177 g/mol. The van der Waals surface area contributed by atoms with Crippen LogP contribution in [-0.2, 0) is 0 Å². The van der Waals surface area contributed by atoms with E-state index in [0.29, 0.717) is 0 Å². The van der Waals surface area contributed by atoms with Crippen LogP contribution in [0.15, 0.2) is 12.1 Å². The van der Waals surface area contributed by atoms with Crippen molar-refractivity contribution in [1.29, 1.82) is 0 Å². The highest BCUT2D eigenvalue weighted by molar-refractivity contribution is 5.99. The van der Waals surface area contributed by atoms with E-state index in [0.717, 1.165) is 16.8 Å². The number of hydrogen-bond acceptors (Lipinski definition) is 2. The zero-order valence-corrected chi connectivity index (χ0v) is 8.56. The molecule has 0 aliphatic carbocycles. The highest BCUT2D eigenvalue weighted by Crippen LogP contribution is 2.20. The minimum atomic E-state index is 0.104. The van der Waals surface area contributed by atoms with Crippen LogP contribution in [0.2, 0.25) is 0 Å². The van der Waals surface area contributed by atoms with Crippen molar-refractivity contribution in [1.82, 2.24) is 0 Å². The van der Waals surface area contributed by atoms with Crippen molar-refractivity contribution in [2.75, 3.05) is 12.4 Å². The molecule has 0 saturated heterocycles. The van der Waals surface area contributed by atoms with Gasteiger partial charge >= 0.3 is 0 Å². The largest absolute Gasteiger partial charge is 0.388 e. The Morgan fingerprint density at radius 3 is 2.23 bits per heavy atom. The van der Waals surface area contributed by atoms with Crippen LogP contribution >= 0.6 is 0 Å². The first-order chi connectivity index (χ1) is 6.06. The quantitative estimate of drug-likeness (QED) is 0.703. The van der Waals surface area contributed by atoms with Crippen molar-refractivity contribution in [2.45, 2.75) is 20.8 Å². The van der Waals surface area contributed by atoms with E-state index in [1.165, 1.54) is 5.56 Å². The third-order valence-corrected chi connectivity index (χ3v) is 2.28. The van der Waals surface area contributed by atoms with Crippen LogP contribution in [0.4, 0.5) is 5.69 Å². The molecule has 2 nitrogen and oxygen atoms in total. The minimum absolute atomic E-state index is 0.104. The molecule has 0 aromatic heterocycles. The van der Waals surface area contributed by atoms with E-state index in [1.54, 1.807) is 6.92 Å². The molecular weight excluding hydrogens is 162 g/mol. The van der Waals surface area contributed by atoms with Crippen LogP contribution < -0.4 is 5.32 Å². The summed E-state index contributed by atoms with van der Waals surface area (Å²) in [5, 5.41) is 3.02. The minimum Gasteiger partial charge on any atom is -0.388 e. The normalized spacial score (nSPS) is 9.85. The van der Waals surface area contributed by atoms with E-state index in [2.05, 4.69) is 5.32 Å². The molecule has 1 rings (SSSR count). The average Bonchev–Trinajstić information content (AvgIpc) is 2.08. The number of carbonyl (C=O) groups is 1. The summed E-state index contributed by atoms with van der Waals surface area (Å²) in [5.41, 5.74) is 4.04. The predicted octanol–water partition coefficient (Wildman–Crippen LogP) is 2.55. The first-order valence-electron chi connectivity index (χ1n) is 4.36. The Hall–Kier alpha value is -1.31. The summed E-state index contributed by atoms with van der Waals surface area (Å²) < 4.78 is 0. The predicted molar refractivity (Wildman–Crippen MR) is 55.5 cm³/mol. The third-order valence-electron chi connectivity index (χ3n) is 2.28. The van der Waals surface area contributed by atoms with E-state index in [1.807, 2.05) is 33.0 Å².